The Morgan fingerprint density at radius 2 is 2.08 bits per heavy atom. The molecule has 0 aliphatic carbocycles. The van der Waals surface area contributed by atoms with Gasteiger partial charge in [-0.05, 0) is 59.6 Å². The van der Waals surface area contributed by atoms with Crippen LogP contribution in [-0.2, 0) is 0 Å². The van der Waals surface area contributed by atoms with E-state index in [0.717, 1.165) is 5.56 Å². The number of carbonyl (C=O) groups excluding carboxylic acids is 1. The van der Waals surface area contributed by atoms with Gasteiger partial charge in [0.2, 0.25) is 0 Å². The highest BCUT2D eigenvalue weighted by atomic mass is 79.9. The normalized spacial score (nSPS) is 11.7. The molecule has 6 heteroatoms. The lowest BCUT2D eigenvalue weighted by atomic mass is 10.1. The maximum atomic E-state index is 12.5. The molecule has 2 aromatic rings. The van der Waals surface area contributed by atoms with Crippen molar-refractivity contribution in [2.24, 2.45) is 0 Å². The molecule has 0 aromatic heterocycles. The molecule has 0 aliphatic rings. The van der Waals surface area contributed by atoms with E-state index in [-0.39, 0.29) is 11.9 Å². The predicted octanol–water partition coefficient (Wildman–Crippen LogP) is 5.00. The number of methoxy groups -OCH3 is 1. The number of nitrogens with one attached hydrogen (secondary N) is 1. The summed E-state index contributed by atoms with van der Waals surface area (Å²) in [6, 6.07) is 10.6. The molecule has 1 atom stereocenters. The summed E-state index contributed by atoms with van der Waals surface area (Å²) in [6.45, 7) is 4.30. The first-order valence-corrected chi connectivity index (χ1v) is 8.70. The Balaban J connectivity index is 2.22. The van der Waals surface area contributed by atoms with Gasteiger partial charge < -0.3 is 14.8 Å². The molecule has 4 nitrogen and oxygen atoms in total. The molecule has 0 saturated carbocycles. The fourth-order valence-corrected chi connectivity index (χ4v) is 3.03. The third-order valence-corrected chi connectivity index (χ3v) is 4.30. The lowest BCUT2D eigenvalue weighted by Crippen LogP contribution is -2.26. The Bertz CT molecular complexity index is 736. The number of carbonyl (C=O) groups is 1. The van der Waals surface area contributed by atoms with E-state index in [4.69, 9.17) is 21.1 Å². The van der Waals surface area contributed by atoms with E-state index in [1.54, 1.807) is 25.3 Å². The summed E-state index contributed by atoms with van der Waals surface area (Å²) in [5.74, 6) is 0.885. The first-order valence-electron chi connectivity index (χ1n) is 7.53. The predicted molar refractivity (Wildman–Crippen MR) is 99.2 cm³/mol. The SMILES string of the molecule is CCOc1c(Br)cc(C(=O)NC(C)c2cccc(Cl)c2)cc1OC. The van der Waals surface area contributed by atoms with Gasteiger partial charge in [0.1, 0.15) is 0 Å². The van der Waals surface area contributed by atoms with Crippen molar-refractivity contribution in [3.8, 4) is 11.5 Å². The van der Waals surface area contributed by atoms with Gasteiger partial charge in [-0.1, -0.05) is 23.7 Å². The molecule has 0 radical (unpaired) electrons. The second kappa shape index (κ2) is 8.40. The van der Waals surface area contributed by atoms with Crippen LogP contribution in [0.15, 0.2) is 40.9 Å². The molecule has 2 aromatic carbocycles. The first kappa shape index (κ1) is 18.6. The standard InChI is InChI=1S/C18H19BrClNO3/c1-4-24-17-15(19)9-13(10-16(17)23-3)18(22)21-11(2)12-6-5-7-14(20)8-12/h5-11H,4H2,1-3H3,(H,21,22). The van der Waals surface area contributed by atoms with E-state index in [1.165, 1.54) is 0 Å². The lowest BCUT2D eigenvalue weighted by Gasteiger charge is -2.17. The second-order valence-corrected chi connectivity index (χ2v) is 6.46. The minimum atomic E-state index is -0.204. The van der Waals surface area contributed by atoms with Crippen molar-refractivity contribution in [3.63, 3.8) is 0 Å². The number of hydrogen-bond donors (Lipinski definition) is 1. The maximum absolute atomic E-state index is 12.5. The van der Waals surface area contributed by atoms with Gasteiger partial charge in [0.05, 0.1) is 24.2 Å². The van der Waals surface area contributed by atoms with Gasteiger partial charge in [0.25, 0.3) is 5.91 Å². The van der Waals surface area contributed by atoms with Gasteiger partial charge in [-0.15, -0.1) is 0 Å². The van der Waals surface area contributed by atoms with Crippen LogP contribution in [-0.4, -0.2) is 19.6 Å². The van der Waals surface area contributed by atoms with Crippen molar-refractivity contribution in [1.82, 2.24) is 5.32 Å². The monoisotopic (exact) mass is 411 g/mol. The van der Waals surface area contributed by atoms with Crippen LogP contribution in [0.5, 0.6) is 11.5 Å². The quantitative estimate of drug-likeness (QED) is 0.726. The average Bonchev–Trinajstić information content (AvgIpc) is 2.56. The third-order valence-electron chi connectivity index (χ3n) is 3.48. The van der Waals surface area contributed by atoms with Crippen LogP contribution in [0, 0.1) is 0 Å². The molecule has 0 bridgehead atoms. The van der Waals surface area contributed by atoms with Gasteiger partial charge in [0, 0.05) is 10.6 Å². The fourth-order valence-electron chi connectivity index (χ4n) is 2.27. The molecular formula is C18H19BrClNO3. The molecule has 0 heterocycles. The van der Waals surface area contributed by atoms with E-state index in [1.807, 2.05) is 32.0 Å². The van der Waals surface area contributed by atoms with E-state index < -0.39 is 0 Å². The van der Waals surface area contributed by atoms with Crippen LogP contribution in [0.1, 0.15) is 35.8 Å². The minimum absolute atomic E-state index is 0.174. The summed E-state index contributed by atoms with van der Waals surface area (Å²) in [4.78, 5) is 12.5. The van der Waals surface area contributed by atoms with Gasteiger partial charge in [-0.25, -0.2) is 0 Å². The smallest absolute Gasteiger partial charge is 0.251 e. The Morgan fingerprint density at radius 1 is 1.33 bits per heavy atom. The molecule has 0 fully saturated rings. The minimum Gasteiger partial charge on any atom is -0.493 e. The molecule has 1 unspecified atom stereocenters. The van der Waals surface area contributed by atoms with Crippen LogP contribution in [0.4, 0.5) is 0 Å². The zero-order valence-corrected chi connectivity index (χ0v) is 16.1. The van der Waals surface area contributed by atoms with Crippen molar-refractivity contribution < 1.29 is 14.3 Å². The van der Waals surface area contributed by atoms with E-state index in [9.17, 15) is 4.79 Å². The number of halogens is 2. The van der Waals surface area contributed by atoms with E-state index in [2.05, 4.69) is 21.2 Å². The van der Waals surface area contributed by atoms with Crippen molar-refractivity contribution in [1.29, 1.82) is 0 Å². The van der Waals surface area contributed by atoms with Crippen LogP contribution in [0.3, 0.4) is 0 Å². The summed E-state index contributed by atoms with van der Waals surface area (Å²) in [6.07, 6.45) is 0. The van der Waals surface area contributed by atoms with Crippen LogP contribution in [0.2, 0.25) is 5.02 Å². The van der Waals surface area contributed by atoms with Crippen molar-refractivity contribution in [2.75, 3.05) is 13.7 Å². The average molecular weight is 413 g/mol. The molecule has 1 amide bonds. The molecule has 24 heavy (non-hydrogen) atoms. The second-order valence-electron chi connectivity index (χ2n) is 5.17. The molecular weight excluding hydrogens is 394 g/mol. The van der Waals surface area contributed by atoms with Crippen molar-refractivity contribution in [2.45, 2.75) is 19.9 Å². The van der Waals surface area contributed by atoms with Crippen LogP contribution >= 0.6 is 27.5 Å². The topological polar surface area (TPSA) is 47.6 Å². The maximum Gasteiger partial charge on any atom is 0.251 e. The first-order chi connectivity index (χ1) is 11.5. The number of ether oxygens (including phenoxy) is 2. The summed E-state index contributed by atoms with van der Waals surface area (Å²) in [7, 11) is 1.54. The van der Waals surface area contributed by atoms with Gasteiger partial charge in [-0.3, -0.25) is 4.79 Å². The lowest BCUT2D eigenvalue weighted by molar-refractivity contribution is 0.0939. The van der Waals surface area contributed by atoms with Gasteiger partial charge in [-0.2, -0.15) is 0 Å². The Kier molecular flexibility index (Phi) is 6.52. The summed E-state index contributed by atoms with van der Waals surface area (Å²) < 4.78 is 11.5. The van der Waals surface area contributed by atoms with Crippen molar-refractivity contribution >= 4 is 33.4 Å². The highest BCUT2D eigenvalue weighted by molar-refractivity contribution is 9.10. The van der Waals surface area contributed by atoms with E-state index >= 15 is 0 Å². The Labute approximate surface area is 155 Å². The Morgan fingerprint density at radius 3 is 2.71 bits per heavy atom. The third kappa shape index (κ3) is 4.42. The molecule has 0 spiro atoms. The molecule has 0 aliphatic heterocycles. The highest BCUT2D eigenvalue weighted by Gasteiger charge is 2.17. The van der Waals surface area contributed by atoms with Crippen LogP contribution < -0.4 is 14.8 Å². The molecule has 1 N–H and O–H groups in total. The number of benzene rings is 2. The molecule has 128 valence electrons. The summed E-state index contributed by atoms with van der Waals surface area (Å²) in [5.41, 5.74) is 1.42. The Hall–Kier alpha value is -1.72. The number of hydrogen-bond acceptors (Lipinski definition) is 3. The van der Waals surface area contributed by atoms with Crippen LogP contribution in [0.25, 0.3) is 0 Å². The van der Waals surface area contributed by atoms with Crippen molar-refractivity contribution in [3.05, 3.63) is 57.0 Å². The van der Waals surface area contributed by atoms with Gasteiger partial charge >= 0.3 is 0 Å². The number of rotatable bonds is 6. The summed E-state index contributed by atoms with van der Waals surface area (Å²) >= 11 is 9.43. The fraction of sp³-hybridized carbons (Fsp3) is 0.278. The molecule has 2 rings (SSSR count). The highest BCUT2D eigenvalue weighted by Crippen LogP contribution is 2.36. The van der Waals surface area contributed by atoms with Gasteiger partial charge in [0.15, 0.2) is 11.5 Å². The summed E-state index contributed by atoms with van der Waals surface area (Å²) in [5, 5.41) is 3.59. The zero-order valence-electron chi connectivity index (χ0n) is 13.7. The van der Waals surface area contributed by atoms with E-state index in [0.29, 0.717) is 33.2 Å². The molecule has 0 saturated heterocycles. The largest absolute Gasteiger partial charge is 0.493 e. The zero-order chi connectivity index (χ0) is 17.7. The number of amides is 1.